The van der Waals surface area contributed by atoms with Gasteiger partial charge in [0.25, 0.3) is 10.0 Å². The molecular weight excluding hydrogens is 681 g/mol. The Balaban J connectivity index is 1.87. The maximum Gasteiger partial charge on any atom is 0.264 e. The largest absolute Gasteiger partial charge is 0.495 e. The Kier molecular flexibility index (Phi) is 12.6. The van der Waals surface area contributed by atoms with Crippen molar-refractivity contribution in [3.05, 3.63) is 123 Å². The number of carbonyl (C=O) groups excluding carboxylic acids is 2. The van der Waals surface area contributed by atoms with Gasteiger partial charge in [0.2, 0.25) is 11.8 Å². The highest BCUT2D eigenvalue weighted by Crippen LogP contribution is 2.35. The van der Waals surface area contributed by atoms with E-state index in [1.165, 1.54) is 36.3 Å². The first-order chi connectivity index (χ1) is 22.4. The lowest BCUT2D eigenvalue weighted by molar-refractivity contribution is -0.140. The fourth-order valence-electron chi connectivity index (χ4n) is 4.92. The molecule has 4 aromatic rings. The van der Waals surface area contributed by atoms with E-state index in [1.807, 2.05) is 44.2 Å². The fourth-order valence-corrected chi connectivity index (χ4v) is 6.99. The molecule has 0 unspecified atom stereocenters. The van der Waals surface area contributed by atoms with Crippen LogP contribution in [-0.4, -0.2) is 50.9 Å². The molecule has 2 amide bonds. The SMILES string of the molecule is CC[C@@H](C)NC(=O)[C@@H](Cc1ccccc1)N(Cc1ccc(Cl)cc1Cl)C(=O)CN(c1cc(Cl)ccc1OC)S(=O)(=O)c1ccccc1. The third-order valence-electron chi connectivity index (χ3n) is 7.65. The van der Waals surface area contributed by atoms with Crippen LogP contribution in [0.3, 0.4) is 0 Å². The zero-order valence-corrected chi connectivity index (χ0v) is 29.3. The highest BCUT2D eigenvalue weighted by atomic mass is 35.5. The molecule has 47 heavy (non-hydrogen) atoms. The van der Waals surface area contributed by atoms with E-state index < -0.39 is 28.5 Å². The summed E-state index contributed by atoms with van der Waals surface area (Å²) in [6.07, 6.45) is 0.824. The normalized spacial score (nSPS) is 12.6. The van der Waals surface area contributed by atoms with Crippen LogP contribution in [0, 0.1) is 0 Å². The van der Waals surface area contributed by atoms with E-state index >= 15 is 0 Å². The number of carbonyl (C=O) groups is 2. The van der Waals surface area contributed by atoms with Gasteiger partial charge in [-0.05, 0) is 66.9 Å². The highest BCUT2D eigenvalue weighted by molar-refractivity contribution is 7.92. The molecule has 0 aliphatic rings. The van der Waals surface area contributed by atoms with Crippen LogP contribution in [0.5, 0.6) is 5.75 Å². The first-order valence-corrected chi connectivity index (χ1v) is 17.5. The third-order valence-corrected chi connectivity index (χ3v) is 10.2. The Hall–Kier alpha value is -3.76. The highest BCUT2D eigenvalue weighted by Gasteiger charge is 2.36. The average molecular weight is 717 g/mol. The van der Waals surface area contributed by atoms with Gasteiger partial charge in [-0.2, -0.15) is 0 Å². The minimum Gasteiger partial charge on any atom is -0.495 e. The molecule has 2 atom stereocenters. The molecule has 0 aliphatic heterocycles. The minimum absolute atomic E-state index is 0.0440. The lowest BCUT2D eigenvalue weighted by atomic mass is 10.0. The smallest absolute Gasteiger partial charge is 0.264 e. The molecule has 0 fully saturated rings. The van der Waals surface area contributed by atoms with Crippen LogP contribution in [0.1, 0.15) is 31.4 Å². The van der Waals surface area contributed by atoms with E-state index in [0.29, 0.717) is 22.0 Å². The molecule has 0 heterocycles. The summed E-state index contributed by atoms with van der Waals surface area (Å²) >= 11 is 19.1. The van der Waals surface area contributed by atoms with Crippen LogP contribution in [0.4, 0.5) is 5.69 Å². The van der Waals surface area contributed by atoms with E-state index in [1.54, 1.807) is 42.5 Å². The molecule has 0 saturated heterocycles. The zero-order valence-electron chi connectivity index (χ0n) is 26.2. The lowest BCUT2D eigenvalue weighted by Gasteiger charge is -2.34. The summed E-state index contributed by atoms with van der Waals surface area (Å²) < 4.78 is 35.0. The molecule has 0 aromatic heterocycles. The Morgan fingerprint density at radius 3 is 2.11 bits per heavy atom. The molecule has 0 saturated carbocycles. The summed E-state index contributed by atoms with van der Waals surface area (Å²) in [6.45, 7) is 3.03. The van der Waals surface area contributed by atoms with Crippen LogP contribution in [-0.2, 0) is 32.6 Å². The van der Waals surface area contributed by atoms with Gasteiger partial charge in [-0.25, -0.2) is 8.42 Å². The van der Waals surface area contributed by atoms with Crippen LogP contribution >= 0.6 is 34.8 Å². The number of hydrogen-bond acceptors (Lipinski definition) is 5. The third kappa shape index (κ3) is 9.20. The molecule has 0 bridgehead atoms. The Labute approximate surface area is 291 Å². The van der Waals surface area contributed by atoms with Crippen molar-refractivity contribution in [1.82, 2.24) is 10.2 Å². The van der Waals surface area contributed by atoms with Crippen molar-refractivity contribution in [2.24, 2.45) is 0 Å². The molecule has 4 rings (SSSR count). The number of amides is 2. The molecule has 12 heteroatoms. The summed E-state index contributed by atoms with van der Waals surface area (Å²) in [7, 11) is -2.95. The van der Waals surface area contributed by atoms with Crippen molar-refractivity contribution in [2.75, 3.05) is 18.0 Å². The number of benzene rings is 4. The van der Waals surface area contributed by atoms with Crippen LogP contribution in [0.15, 0.2) is 102 Å². The lowest BCUT2D eigenvalue weighted by Crippen LogP contribution is -2.54. The van der Waals surface area contributed by atoms with Gasteiger partial charge in [-0.3, -0.25) is 13.9 Å². The van der Waals surface area contributed by atoms with Crippen LogP contribution in [0.2, 0.25) is 15.1 Å². The molecule has 1 N–H and O–H groups in total. The van der Waals surface area contributed by atoms with E-state index in [9.17, 15) is 18.0 Å². The molecular formula is C35H36Cl3N3O5S. The summed E-state index contributed by atoms with van der Waals surface area (Å²) in [5.74, 6) is -0.860. The molecule has 8 nitrogen and oxygen atoms in total. The van der Waals surface area contributed by atoms with Gasteiger partial charge in [-0.1, -0.05) is 96.3 Å². The number of methoxy groups -OCH3 is 1. The van der Waals surface area contributed by atoms with Crippen molar-refractivity contribution < 1.29 is 22.7 Å². The van der Waals surface area contributed by atoms with Gasteiger partial charge in [-0.15, -0.1) is 0 Å². The fraction of sp³-hybridized carbons (Fsp3) is 0.257. The van der Waals surface area contributed by atoms with E-state index in [2.05, 4.69) is 5.32 Å². The molecule has 0 radical (unpaired) electrons. The van der Waals surface area contributed by atoms with Gasteiger partial charge in [0.05, 0.1) is 17.7 Å². The molecule has 4 aromatic carbocycles. The number of rotatable bonds is 14. The second kappa shape index (κ2) is 16.4. The maximum atomic E-state index is 14.7. The van der Waals surface area contributed by atoms with Crippen molar-refractivity contribution in [1.29, 1.82) is 0 Å². The number of anilines is 1. The monoisotopic (exact) mass is 715 g/mol. The number of nitrogens with one attached hydrogen (secondary N) is 1. The minimum atomic E-state index is -4.34. The van der Waals surface area contributed by atoms with E-state index in [4.69, 9.17) is 39.5 Å². The summed E-state index contributed by atoms with van der Waals surface area (Å²) in [5.41, 5.74) is 1.39. The summed E-state index contributed by atoms with van der Waals surface area (Å²) in [5, 5.41) is 3.94. The summed E-state index contributed by atoms with van der Waals surface area (Å²) in [6, 6.07) is 25.2. The second-order valence-corrected chi connectivity index (χ2v) is 14.1. The van der Waals surface area contributed by atoms with Crippen LogP contribution < -0.4 is 14.4 Å². The number of hydrogen-bond donors (Lipinski definition) is 1. The van der Waals surface area contributed by atoms with Gasteiger partial charge in [0.1, 0.15) is 18.3 Å². The molecule has 0 aliphatic carbocycles. The van der Waals surface area contributed by atoms with Gasteiger partial charge in [0, 0.05) is 34.1 Å². The molecule has 248 valence electrons. The van der Waals surface area contributed by atoms with Crippen LogP contribution in [0.25, 0.3) is 0 Å². The average Bonchev–Trinajstić information content (AvgIpc) is 3.06. The topological polar surface area (TPSA) is 96.0 Å². The zero-order chi connectivity index (χ0) is 34.1. The van der Waals surface area contributed by atoms with Gasteiger partial charge in [0.15, 0.2) is 0 Å². The second-order valence-electron chi connectivity index (χ2n) is 10.9. The van der Waals surface area contributed by atoms with E-state index in [0.717, 1.165) is 9.87 Å². The maximum absolute atomic E-state index is 14.7. The van der Waals surface area contributed by atoms with Gasteiger partial charge < -0.3 is 15.0 Å². The number of nitrogens with zero attached hydrogens (tertiary/aromatic N) is 2. The number of ether oxygens (including phenoxy) is 1. The standard InChI is InChI=1S/C35H36Cl3N3O5S/c1-4-24(2)39-35(43)32(19-25-11-7-5-8-12-25)40(22-26-15-16-27(36)20-30(26)38)34(42)23-41(31-21-28(37)17-18-33(31)46-3)47(44,45)29-13-9-6-10-14-29/h5-18,20-21,24,32H,4,19,22-23H2,1-3H3,(H,39,43)/t24-,32-/m1/s1. The predicted octanol–water partition coefficient (Wildman–Crippen LogP) is 7.41. The predicted molar refractivity (Wildman–Crippen MR) is 188 cm³/mol. The Morgan fingerprint density at radius 1 is 0.872 bits per heavy atom. The Bertz CT molecular complexity index is 1790. The van der Waals surface area contributed by atoms with Crippen molar-refractivity contribution in [3.63, 3.8) is 0 Å². The first-order valence-electron chi connectivity index (χ1n) is 14.9. The van der Waals surface area contributed by atoms with Gasteiger partial charge >= 0.3 is 0 Å². The van der Waals surface area contributed by atoms with Crippen molar-refractivity contribution >= 4 is 62.3 Å². The Morgan fingerprint density at radius 2 is 1.49 bits per heavy atom. The number of sulfonamides is 1. The van der Waals surface area contributed by atoms with Crippen molar-refractivity contribution in [2.45, 2.75) is 50.2 Å². The number of halogens is 3. The molecule has 0 spiro atoms. The quantitative estimate of drug-likeness (QED) is 0.147. The first kappa shape index (κ1) is 36.1. The summed E-state index contributed by atoms with van der Waals surface area (Å²) in [4.78, 5) is 30.0. The van der Waals surface area contributed by atoms with Crippen molar-refractivity contribution in [3.8, 4) is 5.75 Å². The van der Waals surface area contributed by atoms with E-state index in [-0.39, 0.29) is 46.3 Å².